The number of likely N-dealkylation sites (tertiary alicyclic amines) is 2. The molecule has 2 amide bonds. The normalized spacial score (nSPS) is 14.8. The maximum Gasteiger partial charge on any atom is 0.237 e. The van der Waals surface area contributed by atoms with Gasteiger partial charge in [-0.3, -0.25) is 9.59 Å². The van der Waals surface area contributed by atoms with E-state index < -0.39 is 24.5 Å². The summed E-state index contributed by atoms with van der Waals surface area (Å²) in [6.07, 6.45) is 4.77. The molecule has 7 aromatic rings. The fraction of sp³-hybridized carbons (Fsp3) is 0.385. The Morgan fingerprint density at radius 3 is 1.22 bits per heavy atom. The summed E-state index contributed by atoms with van der Waals surface area (Å²) in [6, 6.07) is 64.1. The Labute approximate surface area is 500 Å². The minimum atomic E-state index is -1.45. The SMILES string of the molecule is C.C.CN(C)C(=O)C(CCN1CCC(C#N)(c2ccccc2)CC1)(c1ccccc1)c1ccccc1.CN(C)C(=O)C(CCN1CCC(c2ccccc2)(c2nn[nH]n2)CC1)(c1ccccc1)c1ccccc1.C[Si](C)(C)N=[N+]=[N-].I. The minimum Gasteiger partial charge on any atom is -0.348 e. The number of carbonyl (C=O) groups excluding carboxylic acids is 2. The van der Waals surface area contributed by atoms with Crippen LogP contribution in [0.2, 0.25) is 19.6 Å². The lowest BCUT2D eigenvalue weighted by Gasteiger charge is -2.42. The van der Waals surface area contributed by atoms with Gasteiger partial charge in [0.15, 0.2) is 5.82 Å². The van der Waals surface area contributed by atoms with Crippen LogP contribution in [0.1, 0.15) is 92.6 Å². The number of amides is 2. The monoisotopic (exact) mass is 1220 g/mol. The predicted molar refractivity (Wildman–Crippen MR) is 342 cm³/mol. The summed E-state index contributed by atoms with van der Waals surface area (Å²) in [4.78, 5) is 38.8. The van der Waals surface area contributed by atoms with Crippen molar-refractivity contribution in [2.75, 3.05) is 67.5 Å². The number of azide groups is 1. The van der Waals surface area contributed by atoms with Gasteiger partial charge in [0.25, 0.3) is 0 Å². The van der Waals surface area contributed by atoms with Crippen molar-refractivity contribution >= 4 is 44.0 Å². The molecule has 2 saturated heterocycles. The minimum absolute atomic E-state index is 0. The first-order chi connectivity index (χ1) is 37.6. The smallest absolute Gasteiger partial charge is 0.237 e. The predicted octanol–water partition coefficient (Wildman–Crippen LogP) is 13.1. The first-order valence-corrected chi connectivity index (χ1v) is 30.5. The summed E-state index contributed by atoms with van der Waals surface area (Å²) in [5.41, 5.74) is 12.1. The van der Waals surface area contributed by atoms with Crippen LogP contribution in [-0.4, -0.2) is 128 Å². The molecule has 0 aliphatic carbocycles. The Balaban J connectivity index is 0.000000302. The van der Waals surface area contributed by atoms with E-state index in [1.54, 1.807) is 9.80 Å². The van der Waals surface area contributed by atoms with Gasteiger partial charge in [-0.25, -0.2) is 0 Å². The second kappa shape index (κ2) is 30.7. The summed E-state index contributed by atoms with van der Waals surface area (Å²) in [6.45, 7) is 11.0. The van der Waals surface area contributed by atoms with Crippen LogP contribution in [0.15, 0.2) is 187 Å². The lowest BCUT2D eigenvalue weighted by Crippen LogP contribution is -2.49. The molecule has 1 N–H and O–H groups in total. The third-order valence-electron chi connectivity index (χ3n) is 15.6. The van der Waals surface area contributed by atoms with Crippen LogP contribution >= 0.6 is 24.0 Å². The van der Waals surface area contributed by atoms with Gasteiger partial charge in [-0.05, 0) is 122 Å². The number of aromatic nitrogens is 4. The number of benzene rings is 6. The van der Waals surface area contributed by atoms with Crippen LogP contribution in [0.5, 0.6) is 0 Å². The lowest BCUT2D eigenvalue weighted by atomic mass is 9.70. The Morgan fingerprint density at radius 2 is 0.938 bits per heavy atom. The summed E-state index contributed by atoms with van der Waals surface area (Å²) >= 11 is 0. The first kappa shape index (κ1) is 66.5. The van der Waals surface area contributed by atoms with Gasteiger partial charge in [0, 0.05) is 28.2 Å². The molecular formula is C65H85IN12O2Si. The van der Waals surface area contributed by atoms with Gasteiger partial charge >= 0.3 is 0 Å². The quantitative estimate of drug-likeness (QED) is 0.0327. The van der Waals surface area contributed by atoms with Crippen molar-refractivity contribution in [2.45, 2.75) is 94.7 Å². The standard InChI is InChI=1S/C30H34N6O.C30H33N3O.C3H9N3Si.2CH4.HI/c1-35(2)28(37)30(25-14-8-4-9-15-25,26-16-10-5-11-17-26)20-23-36-21-18-29(19-22-36,27-31-33-34-32-27)24-12-6-3-7-13-24;1-32(2)28(34)30(26-14-8-4-9-15-26,27-16-10-5-11-17-27)20-23-33-21-18-29(24-31,19-22-33)25-12-6-3-7-13-25;1-7(2,3)6-5-4;;;/h3-17H,18-23H2,1-2H3,(H,31,32,33,34);3-17H,18-23H2,1-2H3;1-3H3;2*1H4;1H. The van der Waals surface area contributed by atoms with E-state index >= 15 is 0 Å². The van der Waals surface area contributed by atoms with Gasteiger partial charge in [-0.1, -0.05) is 222 Å². The van der Waals surface area contributed by atoms with Gasteiger partial charge in [-0.2, -0.15) is 10.5 Å². The molecule has 81 heavy (non-hydrogen) atoms. The van der Waals surface area contributed by atoms with Crippen molar-refractivity contribution in [3.8, 4) is 6.07 Å². The number of likely N-dealkylation sites (N-methyl/N-ethyl adjacent to an activating group) is 2. The number of H-pyrrole nitrogens is 1. The van der Waals surface area contributed by atoms with Crippen molar-refractivity contribution in [3.63, 3.8) is 0 Å². The number of aromatic amines is 1. The molecule has 2 aliphatic heterocycles. The molecule has 0 saturated carbocycles. The number of piperidine rings is 2. The molecule has 3 heterocycles. The molecule has 2 aliphatic rings. The zero-order chi connectivity index (χ0) is 55.7. The number of nitriles is 1. The Hall–Kier alpha value is -7.00. The van der Waals surface area contributed by atoms with Gasteiger partial charge in [-0.15, -0.1) is 39.0 Å². The van der Waals surface area contributed by atoms with E-state index in [4.69, 9.17) is 5.53 Å². The molecule has 1 aromatic heterocycles. The largest absolute Gasteiger partial charge is 0.348 e. The van der Waals surface area contributed by atoms with Gasteiger partial charge in [0.1, 0.15) is 19.1 Å². The van der Waals surface area contributed by atoms with E-state index in [9.17, 15) is 14.9 Å². The van der Waals surface area contributed by atoms with Crippen LogP contribution in [0.4, 0.5) is 0 Å². The molecule has 0 radical (unpaired) electrons. The molecule has 0 unspecified atom stereocenters. The van der Waals surface area contributed by atoms with Crippen molar-refractivity contribution < 1.29 is 9.59 Å². The summed E-state index contributed by atoms with van der Waals surface area (Å²) in [5, 5.41) is 25.4. The molecule has 9 rings (SSSR count). The second-order valence-electron chi connectivity index (χ2n) is 22.0. The molecule has 0 bridgehead atoms. The zero-order valence-corrected chi connectivity index (χ0v) is 50.3. The highest BCUT2D eigenvalue weighted by Crippen LogP contribution is 2.43. The Kier molecular flexibility index (Phi) is 25.2. The van der Waals surface area contributed by atoms with Crippen LogP contribution < -0.4 is 0 Å². The fourth-order valence-electron chi connectivity index (χ4n) is 11.4. The highest BCUT2D eigenvalue weighted by atomic mass is 127. The van der Waals surface area contributed by atoms with E-state index in [0.29, 0.717) is 12.8 Å². The van der Waals surface area contributed by atoms with E-state index in [2.05, 4.69) is 131 Å². The average molecular weight is 1220 g/mol. The number of halogens is 1. The number of hydrogen-bond acceptors (Lipinski definition) is 9. The van der Waals surface area contributed by atoms with Crippen LogP contribution in [-0.2, 0) is 31.2 Å². The highest BCUT2D eigenvalue weighted by molar-refractivity contribution is 14.0. The van der Waals surface area contributed by atoms with Gasteiger partial charge in [0.05, 0.1) is 16.9 Å². The average Bonchev–Trinajstić information content (AvgIpc) is 4.07. The summed E-state index contributed by atoms with van der Waals surface area (Å²) in [7, 11) is 5.93. The molecular weight excluding hydrogens is 1140 g/mol. The lowest BCUT2D eigenvalue weighted by molar-refractivity contribution is -0.134. The number of rotatable bonds is 16. The Morgan fingerprint density at radius 1 is 0.605 bits per heavy atom. The summed E-state index contributed by atoms with van der Waals surface area (Å²) < 4.78 is 3.58. The molecule has 0 atom stereocenters. The first-order valence-electron chi connectivity index (χ1n) is 27.1. The van der Waals surface area contributed by atoms with E-state index in [0.717, 1.165) is 98.6 Å². The second-order valence-corrected chi connectivity index (χ2v) is 26.5. The van der Waals surface area contributed by atoms with E-state index in [1.165, 1.54) is 5.56 Å². The molecule has 14 nitrogen and oxygen atoms in total. The highest BCUT2D eigenvalue weighted by Gasteiger charge is 2.47. The molecule has 0 spiro atoms. The third kappa shape index (κ3) is 15.7. The molecule has 2 fully saturated rings. The number of hydrogen-bond donors (Lipinski definition) is 1. The maximum absolute atomic E-state index is 14.0. The van der Waals surface area contributed by atoms with Crippen molar-refractivity contribution in [1.29, 1.82) is 5.26 Å². The maximum atomic E-state index is 14.0. The number of nitrogens with zero attached hydrogens (tertiary/aromatic N) is 11. The van der Waals surface area contributed by atoms with Crippen molar-refractivity contribution in [3.05, 3.63) is 232 Å². The Bertz CT molecular complexity index is 2950. The van der Waals surface area contributed by atoms with Crippen LogP contribution in [0.25, 0.3) is 10.4 Å². The van der Waals surface area contributed by atoms with Crippen LogP contribution in [0, 0.1) is 11.3 Å². The van der Waals surface area contributed by atoms with Gasteiger partial charge < -0.3 is 19.6 Å². The molecule has 6 aromatic carbocycles. The van der Waals surface area contributed by atoms with Crippen molar-refractivity contribution in [1.82, 2.24) is 40.2 Å². The number of carbonyl (C=O) groups is 2. The molecule has 428 valence electrons. The van der Waals surface area contributed by atoms with Gasteiger partial charge in [0.2, 0.25) is 11.8 Å². The van der Waals surface area contributed by atoms with Crippen molar-refractivity contribution in [2.24, 2.45) is 4.78 Å². The third-order valence-corrected chi connectivity index (χ3v) is 16.3. The number of tetrazole rings is 1. The van der Waals surface area contributed by atoms with E-state index in [-0.39, 0.29) is 56.1 Å². The summed E-state index contributed by atoms with van der Waals surface area (Å²) in [5.74, 6) is 0.953. The molecule has 16 heteroatoms. The van der Waals surface area contributed by atoms with E-state index in [1.807, 2.05) is 145 Å². The zero-order valence-electron chi connectivity index (χ0n) is 46.9. The number of nitrogens with one attached hydrogen (secondary N) is 1. The topological polar surface area (TPSA) is 174 Å². The van der Waals surface area contributed by atoms with Crippen LogP contribution in [0.3, 0.4) is 0 Å². The fourth-order valence-corrected chi connectivity index (χ4v) is 11.6.